The molecule has 1 unspecified atom stereocenters. The van der Waals surface area contributed by atoms with Crippen LogP contribution in [0.4, 0.5) is 0 Å². The first-order valence-corrected chi connectivity index (χ1v) is 12.9. The largest absolute Gasteiger partial charge is 0.222 e. The average Bonchev–Trinajstić information content (AvgIpc) is 3.54. The van der Waals surface area contributed by atoms with E-state index < -0.39 is 29.7 Å². The SMILES string of the molecule is C=C(C=C=C(CC)CC)C1CC1(S(=O)(=O)c1ccccc1)S(=O)(=O)c1ccccc1. The molecule has 0 aliphatic heterocycles. The molecule has 0 radical (unpaired) electrons. The molecule has 1 aliphatic rings. The molecular formula is C24H26O4S2. The Labute approximate surface area is 179 Å². The highest BCUT2D eigenvalue weighted by Gasteiger charge is 2.73. The summed E-state index contributed by atoms with van der Waals surface area (Å²) >= 11 is 0. The summed E-state index contributed by atoms with van der Waals surface area (Å²) in [5.41, 5.74) is 4.70. The van der Waals surface area contributed by atoms with E-state index in [0.29, 0.717) is 5.57 Å². The summed E-state index contributed by atoms with van der Waals surface area (Å²) in [6, 6.07) is 15.6. The maximum Gasteiger partial charge on any atom is 0.199 e. The number of benzene rings is 2. The van der Waals surface area contributed by atoms with Crippen LogP contribution in [0.5, 0.6) is 0 Å². The van der Waals surface area contributed by atoms with Crippen molar-refractivity contribution < 1.29 is 16.8 Å². The van der Waals surface area contributed by atoms with Crippen LogP contribution in [0.3, 0.4) is 0 Å². The van der Waals surface area contributed by atoms with E-state index in [1.807, 2.05) is 13.8 Å². The van der Waals surface area contributed by atoms with Gasteiger partial charge in [0.05, 0.1) is 9.79 Å². The van der Waals surface area contributed by atoms with Gasteiger partial charge in [-0.1, -0.05) is 56.8 Å². The van der Waals surface area contributed by atoms with E-state index >= 15 is 0 Å². The second kappa shape index (κ2) is 8.38. The normalized spacial score (nSPS) is 17.6. The predicted molar refractivity (Wildman–Crippen MR) is 119 cm³/mol. The summed E-state index contributed by atoms with van der Waals surface area (Å²) in [7, 11) is -8.36. The Bertz CT molecular complexity index is 1130. The van der Waals surface area contributed by atoms with Crippen LogP contribution in [0.15, 0.2) is 100.0 Å². The Kier molecular flexibility index (Phi) is 6.23. The van der Waals surface area contributed by atoms with Gasteiger partial charge in [0.25, 0.3) is 0 Å². The number of sulfone groups is 2. The second-order valence-corrected chi connectivity index (χ2v) is 12.0. The Morgan fingerprint density at radius 2 is 1.37 bits per heavy atom. The fraction of sp³-hybridized carbons (Fsp3) is 0.292. The number of hydrogen-bond donors (Lipinski definition) is 0. The van der Waals surface area contributed by atoms with Crippen LogP contribution in [0.25, 0.3) is 0 Å². The van der Waals surface area contributed by atoms with Gasteiger partial charge in [-0.3, -0.25) is 0 Å². The first-order chi connectivity index (χ1) is 14.2. The summed E-state index contributed by atoms with van der Waals surface area (Å²) in [4.78, 5) is 0.00395. The lowest BCUT2D eigenvalue weighted by Gasteiger charge is -2.20. The third-order valence-corrected chi connectivity index (χ3v) is 11.5. The van der Waals surface area contributed by atoms with E-state index in [2.05, 4.69) is 12.3 Å². The smallest absolute Gasteiger partial charge is 0.199 e. The highest BCUT2D eigenvalue weighted by molar-refractivity contribution is 8.11. The van der Waals surface area contributed by atoms with Crippen molar-refractivity contribution in [2.75, 3.05) is 0 Å². The van der Waals surface area contributed by atoms with Gasteiger partial charge >= 0.3 is 0 Å². The zero-order valence-electron chi connectivity index (χ0n) is 17.2. The maximum absolute atomic E-state index is 13.6. The summed E-state index contributed by atoms with van der Waals surface area (Å²) < 4.78 is 52.6. The van der Waals surface area contributed by atoms with Gasteiger partial charge in [0.2, 0.25) is 0 Å². The van der Waals surface area contributed by atoms with Crippen molar-refractivity contribution in [3.63, 3.8) is 0 Å². The minimum absolute atomic E-state index is 0.00198. The molecule has 3 rings (SSSR count). The van der Waals surface area contributed by atoms with Crippen LogP contribution < -0.4 is 0 Å². The molecule has 0 bridgehead atoms. The number of rotatable bonds is 8. The van der Waals surface area contributed by atoms with Gasteiger partial charge < -0.3 is 0 Å². The van der Waals surface area contributed by atoms with Crippen LogP contribution >= 0.6 is 0 Å². The summed E-state index contributed by atoms with van der Waals surface area (Å²) in [6.07, 6.45) is 3.27. The minimum Gasteiger partial charge on any atom is -0.222 e. The van der Waals surface area contributed by atoms with Crippen LogP contribution in [0.1, 0.15) is 33.1 Å². The lowest BCUT2D eigenvalue weighted by atomic mass is 10.1. The van der Waals surface area contributed by atoms with E-state index in [0.717, 1.165) is 18.4 Å². The Balaban J connectivity index is 2.16. The second-order valence-electron chi connectivity index (χ2n) is 7.38. The van der Waals surface area contributed by atoms with E-state index in [1.165, 1.54) is 24.3 Å². The van der Waals surface area contributed by atoms with E-state index in [1.54, 1.807) is 42.5 Å². The summed E-state index contributed by atoms with van der Waals surface area (Å²) in [6.45, 7) is 8.04. The molecule has 6 heteroatoms. The molecule has 0 aromatic heterocycles. The van der Waals surface area contributed by atoms with Gasteiger partial charge in [0.1, 0.15) is 0 Å². The van der Waals surface area contributed by atoms with Crippen molar-refractivity contribution in [1.82, 2.24) is 0 Å². The molecule has 1 atom stereocenters. The quantitative estimate of drug-likeness (QED) is 0.421. The van der Waals surface area contributed by atoms with Gasteiger partial charge in [-0.25, -0.2) is 16.8 Å². The molecule has 2 aromatic rings. The first-order valence-electron chi connectivity index (χ1n) is 9.95. The predicted octanol–water partition coefficient (Wildman–Crippen LogP) is 5.11. The van der Waals surface area contributed by atoms with Crippen molar-refractivity contribution in [3.8, 4) is 0 Å². The van der Waals surface area contributed by atoms with Crippen molar-refractivity contribution in [3.05, 3.63) is 90.2 Å². The zero-order chi connectivity index (χ0) is 22.0. The Morgan fingerprint density at radius 3 is 1.77 bits per heavy atom. The standard InChI is InChI=1S/C24H26O4S2/c1-4-20(5-2)17-16-19(3)23-18-24(23,29(25,26)21-12-8-6-9-13-21)30(27,28)22-14-10-7-11-15-22/h6-16,23H,3-5,18H2,1-2H3. The maximum atomic E-state index is 13.6. The van der Waals surface area contributed by atoms with Crippen molar-refractivity contribution >= 4 is 19.7 Å². The molecule has 4 nitrogen and oxygen atoms in total. The fourth-order valence-electron chi connectivity index (χ4n) is 3.73. The first kappa shape index (κ1) is 22.3. The highest BCUT2D eigenvalue weighted by Crippen LogP contribution is 2.61. The van der Waals surface area contributed by atoms with Crippen molar-refractivity contribution in [2.45, 2.75) is 47.0 Å². The molecule has 30 heavy (non-hydrogen) atoms. The van der Waals surface area contributed by atoms with Crippen molar-refractivity contribution in [1.29, 1.82) is 0 Å². The van der Waals surface area contributed by atoms with Gasteiger partial charge in [-0.05, 0) is 60.8 Å². The molecule has 1 saturated carbocycles. The molecule has 158 valence electrons. The lowest BCUT2D eigenvalue weighted by molar-refractivity contribution is 0.569. The third-order valence-electron chi connectivity index (χ3n) is 5.64. The number of hydrogen-bond acceptors (Lipinski definition) is 4. The van der Waals surface area contributed by atoms with Crippen LogP contribution in [-0.2, 0) is 19.7 Å². The minimum atomic E-state index is -4.18. The molecular weight excluding hydrogens is 416 g/mol. The van der Waals surface area contributed by atoms with Crippen LogP contribution in [-0.4, -0.2) is 20.9 Å². The topological polar surface area (TPSA) is 68.3 Å². The van der Waals surface area contributed by atoms with Gasteiger partial charge in [-0.2, -0.15) is 0 Å². The van der Waals surface area contributed by atoms with E-state index in [4.69, 9.17) is 0 Å². The van der Waals surface area contributed by atoms with Gasteiger partial charge in [-0.15, -0.1) is 5.73 Å². The molecule has 0 spiro atoms. The average molecular weight is 443 g/mol. The zero-order valence-corrected chi connectivity index (χ0v) is 18.8. The third kappa shape index (κ3) is 3.60. The molecule has 2 aromatic carbocycles. The van der Waals surface area contributed by atoms with Gasteiger partial charge in [0.15, 0.2) is 23.8 Å². The summed E-state index contributed by atoms with van der Waals surface area (Å²) in [5, 5.41) is 0. The lowest BCUT2D eigenvalue weighted by Crippen LogP contribution is -2.35. The molecule has 1 fully saturated rings. The van der Waals surface area contributed by atoms with E-state index in [9.17, 15) is 16.8 Å². The Hall–Kier alpha value is -2.40. The monoisotopic (exact) mass is 442 g/mol. The summed E-state index contributed by atoms with van der Waals surface area (Å²) in [5.74, 6) is -0.727. The van der Waals surface area contributed by atoms with Crippen molar-refractivity contribution in [2.24, 2.45) is 5.92 Å². The van der Waals surface area contributed by atoms with Crippen LogP contribution in [0, 0.1) is 5.92 Å². The molecule has 0 saturated heterocycles. The Morgan fingerprint density at radius 1 is 0.933 bits per heavy atom. The molecule has 0 N–H and O–H groups in total. The highest BCUT2D eigenvalue weighted by atomic mass is 32.3. The molecule has 0 amide bonds. The molecule has 1 aliphatic carbocycles. The number of allylic oxidation sites excluding steroid dienone is 2. The molecule has 0 heterocycles. The van der Waals surface area contributed by atoms with E-state index in [-0.39, 0.29) is 16.2 Å². The van der Waals surface area contributed by atoms with Gasteiger partial charge in [0, 0.05) is 5.92 Å². The van der Waals surface area contributed by atoms with Crippen LogP contribution in [0.2, 0.25) is 0 Å². The fourth-order valence-corrected chi connectivity index (χ4v) is 9.11.